The molecule has 0 unspecified atom stereocenters. The lowest BCUT2D eigenvalue weighted by atomic mass is 10.2. The largest absolute Gasteiger partial charge is 0.494 e. The highest BCUT2D eigenvalue weighted by Crippen LogP contribution is 2.32. The van der Waals surface area contributed by atoms with Gasteiger partial charge in [0, 0.05) is 17.5 Å². The summed E-state index contributed by atoms with van der Waals surface area (Å²) < 4.78 is 5.45. The maximum atomic E-state index is 6.10. The van der Waals surface area contributed by atoms with E-state index < -0.39 is 0 Å². The topological polar surface area (TPSA) is 85.3 Å². The highest BCUT2D eigenvalue weighted by Gasteiger charge is 2.08. The lowest BCUT2D eigenvalue weighted by Crippen LogP contribution is -2.04. The average molecular weight is 332 g/mol. The number of benzene rings is 2. The molecule has 1 aliphatic carbocycles. The molecule has 0 saturated heterocycles. The van der Waals surface area contributed by atoms with Crippen LogP contribution in [0.5, 0.6) is 5.75 Å². The SMILES string of the molecule is CCOc1ccc(Nc2cc(NC3=CC=C=C=C3)c(N)cc2N)cc1. The molecule has 3 rings (SSSR count). The van der Waals surface area contributed by atoms with Crippen molar-refractivity contribution in [3.63, 3.8) is 0 Å². The van der Waals surface area contributed by atoms with Crippen molar-refractivity contribution in [3.05, 3.63) is 71.8 Å². The van der Waals surface area contributed by atoms with E-state index in [1.807, 2.05) is 43.3 Å². The highest BCUT2D eigenvalue weighted by molar-refractivity contribution is 5.84. The molecule has 0 atom stereocenters. The summed E-state index contributed by atoms with van der Waals surface area (Å²) in [6.07, 6.45) is 5.48. The number of nitrogens with two attached hydrogens (primary N) is 2. The van der Waals surface area contributed by atoms with Crippen LogP contribution >= 0.6 is 0 Å². The van der Waals surface area contributed by atoms with E-state index in [4.69, 9.17) is 16.2 Å². The van der Waals surface area contributed by atoms with Gasteiger partial charge in [0.1, 0.15) is 5.75 Å². The van der Waals surface area contributed by atoms with Crippen molar-refractivity contribution in [1.29, 1.82) is 0 Å². The Morgan fingerprint density at radius 1 is 0.960 bits per heavy atom. The van der Waals surface area contributed by atoms with Crippen LogP contribution in [-0.4, -0.2) is 6.61 Å². The van der Waals surface area contributed by atoms with Gasteiger partial charge in [-0.2, -0.15) is 0 Å². The zero-order valence-corrected chi connectivity index (χ0v) is 14.0. The number of allylic oxidation sites excluding steroid dienone is 3. The van der Waals surface area contributed by atoms with Crippen molar-refractivity contribution in [3.8, 4) is 5.75 Å². The normalized spacial score (nSPS) is 12.0. The van der Waals surface area contributed by atoms with Gasteiger partial charge < -0.3 is 26.8 Å². The third-order valence-electron chi connectivity index (χ3n) is 3.60. The van der Waals surface area contributed by atoms with Gasteiger partial charge in [0.25, 0.3) is 0 Å². The standard InChI is InChI=1S/C20H20N4O/c1-2-25-16-10-8-15(9-11-16)24-20-13-19(17(21)12-18(20)22)23-14-6-4-3-5-7-14/h4,6-13,23-24H,2,21-22H2,1H3. The Morgan fingerprint density at radius 2 is 1.68 bits per heavy atom. The van der Waals surface area contributed by atoms with Gasteiger partial charge in [0.05, 0.1) is 29.4 Å². The van der Waals surface area contributed by atoms with E-state index in [0.717, 1.165) is 28.5 Å². The molecule has 0 radical (unpaired) electrons. The summed E-state index contributed by atoms with van der Waals surface area (Å²) >= 11 is 0. The Balaban J connectivity index is 1.81. The second-order valence-corrected chi connectivity index (χ2v) is 5.46. The molecule has 1 aliphatic rings. The monoisotopic (exact) mass is 332 g/mol. The second kappa shape index (κ2) is 7.37. The van der Waals surface area contributed by atoms with Crippen LogP contribution in [0.3, 0.4) is 0 Å². The molecule has 0 amide bonds. The Bertz CT molecular complexity index is 900. The molecular weight excluding hydrogens is 312 g/mol. The predicted octanol–water partition coefficient (Wildman–Crippen LogP) is 4.17. The summed E-state index contributed by atoms with van der Waals surface area (Å²) in [4.78, 5) is 0. The van der Waals surface area contributed by atoms with Gasteiger partial charge in [-0.3, -0.25) is 0 Å². The first kappa shape index (κ1) is 16.3. The van der Waals surface area contributed by atoms with E-state index in [-0.39, 0.29) is 0 Å². The first-order valence-corrected chi connectivity index (χ1v) is 7.99. The van der Waals surface area contributed by atoms with Gasteiger partial charge >= 0.3 is 0 Å². The van der Waals surface area contributed by atoms with Crippen LogP contribution in [0.2, 0.25) is 0 Å². The Kier molecular flexibility index (Phi) is 4.82. The van der Waals surface area contributed by atoms with Crippen molar-refractivity contribution in [2.45, 2.75) is 6.92 Å². The van der Waals surface area contributed by atoms with Crippen molar-refractivity contribution < 1.29 is 4.74 Å². The van der Waals surface area contributed by atoms with Crippen LogP contribution in [0.4, 0.5) is 28.4 Å². The number of nitrogen functional groups attached to an aromatic ring is 2. The summed E-state index contributed by atoms with van der Waals surface area (Å²) in [5.74, 6) is 0.831. The van der Waals surface area contributed by atoms with Crippen LogP contribution in [0.15, 0.2) is 71.8 Å². The minimum atomic E-state index is 0.572. The van der Waals surface area contributed by atoms with E-state index in [2.05, 4.69) is 22.1 Å². The first-order valence-electron chi connectivity index (χ1n) is 7.99. The number of hydrogen-bond donors (Lipinski definition) is 4. The summed E-state index contributed by atoms with van der Waals surface area (Å²) in [5, 5.41) is 6.56. The molecule has 5 nitrogen and oxygen atoms in total. The van der Waals surface area contributed by atoms with Crippen molar-refractivity contribution in [2.24, 2.45) is 0 Å². The summed E-state index contributed by atoms with van der Waals surface area (Å²) in [6.45, 7) is 2.60. The number of nitrogens with one attached hydrogen (secondary N) is 2. The van der Waals surface area contributed by atoms with Gasteiger partial charge in [0.2, 0.25) is 0 Å². The van der Waals surface area contributed by atoms with E-state index in [9.17, 15) is 0 Å². The molecule has 0 bridgehead atoms. The van der Waals surface area contributed by atoms with Crippen LogP contribution < -0.4 is 26.8 Å². The Hall–Kier alpha value is -3.52. The Labute approximate surface area is 147 Å². The zero-order valence-electron chi connectivity index (χ0n) is 14.0. The maximum Gasteiger partial charge on any atom is 0.119 e. The average Bonchev–Trinajstić information content (AvgIpc) is 2.62. The molecule has 25 heavy (non-hydrogen) atoms. The third-order valence-corrected chi connectivity index (χ3v) is 3.60. The van der Waals surface area contributed by atoms with Gasteiger partial charge in [-0.1, -0.05) is 11.5 Å². The molecule has 0 aromatic heterocycles. The molecule has 0 aliphatic heterocycles. The molecule has 0 saturated carbocycles. The van der Waals surface area contributed by atoms with Gasteiger partial charge in [-0.05, 0) is 55.5 Å². The van der Waals surface area contributed by atoms with Crippen LogP contribution in [-0.2, 0) is 0 Å². The van der Waals surface area contributed by atoms with E-state index in [1.165, 1.54) is 0 Å². The van der Waals surface area contributed by atoms with Gasteiger partial charge in [0.15, 0.2) is 0 Å². The fourth-order valence-electron chi connectivity index (χ4n) is 2.39. The smallest absolute Gasteiger partial charge is 0.119 e. The van der Waals surface area contributed by atoms with Crippen molar-refractivity contribution in [2.75, 3.05) is 28.7 Å². The minimum Gasteiger partial charge on any atom is -0.494 e. The maximum absolute atomic E-state index is 6.10. The third kappa shape index (κ3) is 4.06. The zero-order chi connectivity index (χ0) is 17.6. The van der Waals surface area contributed by atoms with Crippen LogP contribution in [0.1, 0.15) is 6.92 Å². The molecule has 2 aromatic carbocycles. The fraction of sp³-hybridized carbons (Fsp3) is 0.100. The minimum absolute atomic E-state index is 0.572. The van der Waals surface area contributed by atoms with Gasteiger partial charge in [-0.25, -0.2) is 0 Å². The lowest BCUT2D eigenvalue weighted by molar-refractivity contribution is 0.340. The first-order chi connectivity index (χ1) is 12.2. The molecule has 5 heteroatoms. The number of rotatable bonds is 6. The lowest BCUT2D eigenvalue weighted by Gasteiger charge is -2.16. The predicted molar refractivity (Wildman–Crippen MR) is 104 cm³/mol. The summed E-state index contributed by atoms with van der Waals surface area (Å²) in [7, 11) is 0. The van der Waals surface area contributed by atoms with E-state index >= 15 is 0 Å². The quantitative estimate of drug-likeness (QED) is 0.471. The van der Waals surface area contributed by atoms with Crippen LogP contribution in [0, 0.1) is 0 Å². The van der Waals surface area contributed by atoms with E-state index in [1.54, 1.807) is 18.2 Å². The molecule has 0 fully saturated rings. The van der Waals surface area contributed by atoms with Gasteiger partial charge in [-0.15, -0.1) is 0 Å². The van der Waals surface area contributed by atoms with E-state index in [0.29, 0.717) is 18.0 Å². The van der Waals surface area contributed by atoms with Crippen LogP contribution in [0.25, 0.3) is 0 Å². The second-order valence-electron chi connectivity index (χ2n) is 5.46. The molecule has 2 aromatic rings. The number of ether oxygens (including phenoxy) is 1. The fourth-order valence-corrected chi connectivity index (χ4v) is 2.39. The van der Waals surface area contributed by atoms with Crippen molar-refractivity contribution >= 4 is 28.4 Å². The molecule has 0 heterocycles. The molecule has 126 valence electrons. The Morgan fingerprint density at radius 3 is 2.32 bits per heavy atom. The highest BCUT2D eigenvalue weighted by atomic mass is 16.5. The molecule has 6 N–H and O–H groups in total. The molecule has 0 spiro atoms. The molecular formula is C20H20N4O. The number of anilines is 5. The number of hydrogen-bond acceptors (Lipinski definition) is 5. The van der Waals surface area contributed by atoms with Crippen molar-refractivity contribution in [1.82, 2.24) is 0 Å². The summed E-state index contributed by atoms with van der Waals surface area (Å²) in [5.41, 5.74) is 22.4. The summed E-state index contributed by atoms with van der Waals surface area (Å²) in [6, 6.07) is 11.3.